The van der Waals surface area contributed by atoms with Gasteiger partial charge in [-0.3, -0.25) is 28.8 Å². The quantitative estimate of drug-likeness (QED) is 0.0521. The van der Waals surface area contributed by atoms with Crippen molar-refractivity contribution in [3.8, 4) is 34.4 Å². The highest BCUT2D eigenvalue weighted by atomic mass is 79.9. The molecule has 0 bridgehead atoms. The van der Waals surface area contributed by atoms with Gasteiger partial charge in [-0.15, -0.1) is 56.7 Å². The topological polar surface area (TPSA) is 227 Å². The lowest BCUT2D eigenvalue weighted by Gasteiger charge is -2.26. The number of halogens is 3. The van der Waals surface area contributed by atoms with Gasteiger partial charge < -0.3 is 29.2 Å². The summed E-state index contributed by atoms with van der Waals surface area (Å²) < 4.78 is 27.8. The number of nitrogens with zero attached hydrogens (tertiary/aromatic N) is 2. The molecule has 14 aromatic rings. The minimum Gasteiger partial charge on any atom is -0.481 e. The van der Waals surface area contributed by atoms with Gasteiger partial charge in [0.2, 0.25) is 0 Å². The molecule has 0 aliphatic carbocycles. The van der Waals surface area contributed by atoms with E-state index in [0.717, 1.165) is 113 Å². The van der Waals surface area contributed by atoms with Gasteiger partial charge in [-0.25, -0.2) is 0 Å². The van der Waals surface area contributed by atoms with Crippen molar-refractivity contribution >= 4 is 213 Å². The van der Waals surface area contributed by atoms with Crippen molar-refractivity contribution < 1.29 is 57.9 Å². The molecule has 9 aromatic carbocycles. The first-order valence-corrected chi connectivity index (χ1v) is 42.2. The van der Waals surface area contributed by atoms with Gasteiger partial charge in [0.1, 0.15) is 6.10 Å². The number of hydrogen-bond donors (Lipinski definition) is 2. The summed E-state index contributed by atoms with van der Waals surface area (Å²) in [7, 11) is 5.59. The molecule has 0 aliphatic heterocycles. The van der Waals surface area contributed by atoms with Gasteiger partial charge in [-0.2, -0.15) is 10.5 Å². The van der Waals surface area contributed by atoms with E-state index in [9.17, 15) is 49.5 Å². The molecule has 0 fully saturated rings. The number of ether oxygens (including phenoxy) is 4. The molecule has 2 N–H and O–H groups in total. The van der Waals surface area contributed by atoms with E-state index < -0.39 is 39.7 Å². The predicted octanol–water partition coefficient (Wildman–Crippen LogP) is 28.4. The zero-order chi connectivity index (χ0) is 82.4. The van der Waals surface area contributed by atoms with E-state index in [1.54, 1.807) is 75.6 Å². The standard InChI is InChI=1S/C25H21NO2S.C24H19NO2S.C14H15BrO3S.C14H15BrO2S.C9H5BrOS.C5H10O2.5CH4/c1-25(2,24(27)28-3)14-17-13-22-20(9-6-10-23(22)29-17)21-12-11-16(15-26)18-7-4-5-8-19(18)21;1-24(2,23(26)27)13-16-12-21-19(8-5-9-22(21)28-16)20-11-10-15(14-25)17-6-3-4-7-18(17)20;1-14(2,13(17)18-3)12(16)11-7-8-9(15)5-4-6-10(8)19-11;1-14(2,13(16)17-3)8-9-7-10-11(15)5-4-6-12(10)18-9;10-8-2-1-3-9-7(8)4-6(5-11)12-9;1-4(2)5(6)7-3;;;;;/h4-13H,14H2,1-3H3;3-12H,13H2,1-2H3,(H,26,27);4-7,12,16H,1-3H3;4-7H,8H2,1-3H3;1-5H;4H,1-3H3;5*1H4. The number of rotatable bonds is 16. The lowest BCUT2D eigenvalue weighted by molar-refractivity contribution is -0.157. The van der Waals surface area contributed by atoms with E-state index >= 15 is 0 Å². The third-order valence-corrected chi connectivity index (χ3v) is 26.4. The van der Waals surface area contributed by atoms with E-state index in [2.05, 4.69) is 125 Å². The summed E-state index contributed by atoms with van der Waals surface area (Å²) in [5.41, 5.74) is 2.96. The summed E-state index contributed by atoms with van der Waals surface area (Å²) in [4.78, 5) is 72.8. The number of hydrogen-bond acceptors (Lipinski definition) is 18. The molecule has 0 aliphatic rings. The van der Waals surface area contributed by atoms with Crippen molar-refractivity contribution in [3.05, 3.63) is 243 Å². The van der Waals surface area contributed by atoms with E-state index in [-0.39, 0.29) is 61.0 Å². The number of nitriles is 2. The number of aliphatic hydroxyl groups is 1. The van der Waals surface area contributed by atoms with E-state index in [1.165, 1.54) is 76.2 Å². The SMILES string of the molecule is C.C.C.C.C.CC(C)(Cc1cc2c(-c3ccc(C#N)c4ccccc34)cccc2s1)C(=O)O.COC(=O)C(C)(C)C(O)c1cc2c(Br)cccc2s1.COC(=O)C(C)(C)Cc1cc2c(-c3ccc(C#N)c4ccccc34)cccc2s1.COC(=O)C(C)(C)Cc1cc2c(Br)cccc2s1.COC(=O)C(C)C.O=Cc1cc2c(Br)cccc2s1. The van der Waals surface area contributed by atoms with E-state index in [4.69, 9.17) is 14.2 Å². The molecule has 22 heteroatoms. The average Bonchev–Trinajstić information content (AvgIpc) is 1.40. The lowest BCUT2D eigenvalue weighted by atomic mass is 9.85. The van der Waals surface area contributed by atoms with Gasteiger partial charge in [0.05, 0.1) is 84.2 Å². The highest BCUT2D eigenvalue weighted by Gasteiger charge is 2.39. The second kappa shape index (κ2) is 44.1. The Bertz CT molecular complexity index is 5950. The van der Waals surface area contributed by atoms with Crippen LogP contribution in [-0.4, -0.2) is 74.8 Å². The maximum atomic E-state index is 12.1. The van der Waals surface area contributed by atoms with Gasteiger partial charge >= 0.3 is 29.8 Å². The van der Waals surface area contributed by atoms with Gasteiger partial charge in [0.15, 0.2) is 6.29 Å². The number of methoxy groups -OCH3 is 4. The van der Waals surface area contributed by atoms with E-state index in [0.29, 0.717) is 30.4 Å². The Balaban J connectivity index is 0.000000308. The second-order valence-corrected chi connectivity index (χ2v) is 37.6. The molecule has 0 saturated heterocycles. The number of aliphatic carboxylic acids is 1. The number of esters is 4. The molecule has 5 heterocycles. The van der Waals surface area contributed by atoms with Gasteiger partial charge in [-0.1, -0.05) is 202 Å². The first kappa shape index (κ1) is 101. The summed E-state index contributed by atoms with van der Waals surface area (Å²) in [6.07, 6.45) is 1.83. The summed E-state index contributed by atoms with van der Waals surface area (Å²) in [6, 6.07) is 69.1. The van der Waals surface area contributed by atoms with Gasteiger partial charge in [0.25, 0.3) is 0 Å². The Hall–Kier alpha value is -9.30. The van der Waals surface area contributed by atoms with Crippen LogP contribution in [0, 0.1) is 50.2 Å². The van der Waals surface area contributed by atoms with Crippen LogP contribution in [0.5, 0.6) is 0 Å². The highest BCUT2D eigenvalue weighted by Crippen LogP contribution is 2.45. The maximum absolute atomic E-state index is 12.1. The number of carbonyl (C=O) groups is 6. The first-order chi connectivity index (χ1) is 53.6. The molecule has 0 spiro atoms. The Morgan fingerprint density at radius 3 is 1.07 bits per heavy atom. The third kappa shape index (κ3) is 23.8. The Kier molecular flexibility index (Phi) is 37.8. The number of carboxylic acid groups (broad SMARTS) is 1. The fraction of sp³-hybridized carbons (Fsp3) is 0.292. The molecule has 0 amide bonds. The van der Waals surface area contributed by atoms with Crippen molar-refractivity contribution in [2.45, 2.75) is 132 Å². The van der Waals surface area contributed by atoms with Crippen LogP contribution in [0.2, 0.25) is 0 Å². The normalized spacial score (nSPS) is 11.2. The number of benzene rings is 9. The summed E-state index contributed by atoms with van der Waals surface area (Å²) in [5.74, 6) is -1.72. The summed E-state index contributed by atoms with van der Waals surface area (Å²) in [6.45, 7) is 18.1. The monoisotopic (exact) mass is 1870 g/mol. The van der Waals surface area contributed by atoms with Crippen molar-refractivity contribution in [2.24, 2.45) is 27.6 Å². The number of carbonyl (C=O) groups excluding carboxylic acids is 5. The Morgan fingerprint density at radius 1 is 0.407 bits per heavy atom. The number of aldehydes is 1. The Labute approximate surface area is 739 Å². The highest BCUT2D eigenvalue weighted by molar-refractivity contribution is 9.11. The molecule has 0 radical (unpaired) electrons. The Morgan fingerprint density at radius 2 is 0.737 bits per heavy atom. The molecular weight excluding hydrogens is 1770 g/mol. The fourth-order valence-electron chi connectivity index (χ4n) is 12.6. The zero-order valence-corrected chi connectivity index (χ0v) is 73.7. The van der Waals surface area contributed by atoms with Crippen molar-refractivity contribution in [1.29, 1.82) is 10.5 Å². The largest absolute Gasteiger partial charge is 0.481 e. The van der Waals surface area contributed by atoms with E-state index in [1.807, 2.05) is 161 Å². The number of carboxylic acids is 1. The van der Waals surface area contributed by atoms with Crippen LogP contribution in [0.15, 0.2) is 208 Å². The second-order valence-electron chi connectivity index (χ2n) is 29.3. The first-order valence-electron chi connectivity index (χ1n) is 35.8. The minimum absolute atomic E-state index is 0. The smallest absolute Gasteiger partial charge is 0.314 e. The number of aliphatic hydroxyl groups excluding tert-OH is 1. The predicted molar refractivity (Wildman–Crippen MR) is 508 cm³/mol. The van der Waals surface area contributed by atoms with Crippen molar-refractivity contribution in [1.82, 2.24) is 0 Å². The fourth-order valence-corrected chi connectivity index (χ4v) is 20.6. The average molecular weight is 1880 g/mol. The molecule has 5 aromatic heterocycles. The molecule has 14 rings (SSSR count). The molecule has 622 valence electrons. The number of thiophene rings is 5. The molecule has 1 unspecified atom stereocenters. The molecule has 118 heavy (non-hydrogen) atoms. The number of fused-ring (bicyclic) bond motifs is 7. The van der Waals surface area contributed by atoms with Crippen LogP contribution in [0.25, 0.3) is 94.2 Å². The van der Waals surface area contributed by atoms with Gasteiger partial charge in [0, 0.05) is 94.1 Å². The molecular formula is C96H105Br3N2O12S5. The van der Waals surface area contributed by atoms with Gasteiger partial charge in [-0.05, 0) is 199 Å². The van der Waals surface area contributed by atoms with Crippen LogP contribution < -0.4 is 0 Å². The summed E-state index contributed by atoms with van der Waals surface area (Å²) in [5, 5.41) is 48.5. The van der Waals surface area contributed by atoms with Crippen LogP contribution in [-0.2, 0) is 62.2 Å². The minimum atomic E-state index is -0.970. The molecule has 1 atom stereocenters. The summed E-state index contributed by atoms with van der Waals surface area (Å²) >= 11 is 18.6. The van der Waals surface area contributed by atoms with Crippen molar-refractivity contribution in [3.63, 3.8) is 0 Å². The van der Waals surface area contributed by atoms with Crippen LogP contribution in [0.1, 0.15) is 153 Å². The lowest BCUT2D eigenvalue weighted by Crippen LogP contribution is -2.32. The molecule has 14 nitrogen and oxygen atoms in total. The molecule has 0 saturated carbocycles. The van der Waals surface area contributed by atoms with Crippen LogP contribution in [0.4, 0.5) is 0 Å². The van der Waals surface area contributed by atoms with Crippen LogP contribution >= 0.6 is 104 Å². The maximum Gasteiger partial charge on any atom is 0.314 e. The third-order valence-electron chi connectivity index (χ3n) is 18.9. The van der Waals surface area contributed by atoms with Crippen LogP contribution in [0.3, 0.4) is 0 Å². The zero-order valence-electron chi connectivity index (χ0n) is 64.9. The van der Waals surface area contributed by atoms with Crippen molar-refractivity contribution in [2.75, 3.05) is 28.4 Å².